The molecule has 0 spiro atoms. The van der Waals surface area contributed by atoms with Crippen molar-refractivity contribution in [3.63, 3.8) is 0 Å². The molecule has 1 fully saturated rings. The van der Waals surface area contributed by atoms with Gasteiger partial charge in [-0.3, -0.25) is 0 Å². The molecule has 3 heteroatoms. The second kappa shape index (κ2) is 6.08. The molecule has 3 nitrogen and oxygen atoms in total. The average Bonchev–Trinajstić information content (AvgIpc) is 2.42. The van der Waals surface area contributed by atoms with Gasteiger partial charge in [-0.25, -0.2) is 0 Å². The van der Waals surface area contributed by atoms with E-state index < -0.39 is 0 Å². The van der Waals surface area contributed by atoms with Gasteiger partial charge in [0.05, 0.1) is 11.6 Å². The minimum atomic E-state index is 0.387. The van der Waals surface area contributed by atoms with Crippen LogP contribution in [0.5, 0.6) is 0 Å². The lowest BCUT2D eigenvalue weighted by Gasteiger charge is -2.37. The lowest BCUT2D eigenvalue weighted by Crippen LogP contribution is -2.41. The van der Waals surface area contributed by atoms with E-state index in [2.05, 4.69) is 30.0 Å². The Morgan fingerprint density at radius 2 is 2.00 bits per heavy atom. The zero-order valence-electron chi connectivity index (χ0n) is 11.9. The molecule has 1 aliphatic rings. The highest BCUT2D eigenvalue weighted by atomic mass is 15.2. The number of nitrogens with zero attached hydrogens (tertiary/aromatic N) is 2. The molecule has 1 saturated carbocycles. The molecule has 0 aliphatic heterocycles. The van der Waals surface area contributed by atoms with Gasteiger partial charge in [0.25, 0.3) is 0 Å². The van der Waals surface area contributed by atoms with E-state index >= 15 is 0 Å². The molecule has 102 valence electrons. The number of nitrogens with two attached hydrogens (primary N) is 1. The minimum absolute atomic E-state index is 0.387. The normalized spacial score (nSPS) is 22.8. The fourth-order valence-corrected chi connectivity index (χ4v) is 3.02. The number of benzene rings is 1. The highest BCUT2D eigenvalue weighted by Gasteiger charge is 2.23. The van der Waals surface area contributed by atoms with Crippen LogP contribution in [0.25, 0.3) is 0 Å². The van der Waals surface area contributed by atoms with Crippen LogP contribution in [0.3, 0.4) is 0 Å². The highest BCUT2D eigenvalue weighted by molar-refractivity contribution is 5.54. The summed E-state index contributed by atoms with van der Waals surface area (Å²) in [6.07, 6.45) is 4.59. The fraction of sp³-hybridized carbons (Fsp3) is 0.562. The van der Waals surface area contributed by atoms with Gasteiger partial charge < -0.3 is 10.6 Å². The summed E-state index contributed by atoms with van der Waals surface area (Å²) >= 11 is 0. The summed E-state index contributed by atoms with van der Waals surface area (Å²) in [7, 11) is 0. The van der Waals surface area contributed by atoms with E-state index in [1.807, 2.05) is 13.0 Å². The molecule has 0 amide bonds. The van der Waals surface area contributed by atoms with Gasteiger partial charge in [-0.05, 0) is 63.3 Å². The van der Waals surface area contributed by atoms with Gasteiger partial charge in [-0.15, -0.1) is 0 Å². The van der Waals surface area contributed by atoms with Crippen LogP contribution in [0.1, 0.15) is 43.7 Å². The number of nitriles is 1. The number of hydrogen-bond acceptors (Lipinski definition) is 3. The van der Waals surface area contributed by atoms with Gasteiger partial charge in [-0.2, -0.15) is 5.26 Å². The number of anilines is 1. The standard InChI is InChI=1S/C16H23N3/c1-3-19(15-8-5-14(18)6-9-15)16-7-4-13(11-17)12(2)10-16/h4,7,10,14-15H,3,5-6,8-9,18H2,1-2H3. The first kappa shape index (κ1) is 13.9. The molecule has 1 aliphatic carbocycles. The predicted molar refractivity (Wildman–Crippen MR) is 79.1 cm³/mol. The van der Waals surface area contributed by atoms with Crippen molar-refractivity contribution in [2.75, 3.05) is 11.4 Å². The molecule has 0 radical (unpaired) electrons. The fourth-order valence-electron chi connectivity index (χ4n) is 3.02. The molecular weight excluding hydrogens is 234 g/mol. The summed E-state index contributed by atoms with van der Waals surface area (Å²) in [6, 6.07) is 9.35. The van der Waals surface area contributed by atoms with E-state index in [0.717, 1.165) is 30.5 Å². The molecule has 0 bridgehead atoms. The maximum Gasteiger partial charge on any atom is 0.0994 e. The summed E-state index contributed by atoms with van der Waals surface area (Å²) in [5.41, 5.74) is 9.05. The van der Waals surface area contributed by atoms with E-state index in [1.165, 1.54) is 18.5 Å². The first-order chi connectivity index (χ1) is 9.15. The molecule has 1 aromatic carbocycles. The van der Waals surface area contributed by atoms with E-state index in [0.29, 0.717) is 12.1 Å². The summed E-state index contributed by atoms with van der Waals surface area (Å²) in [5.74, 6) is 0. The van der Waals surface area contributed by atoms with E-state index in [4.69, 9.17) is 11.0 Å². The van der Waals surface area contributed by atoms with Crippen LogP contribution in [0, 0.1) is 18.3 Å². The maximum atomic E-state index is 9.01. The number of rotatable bonds is 3. The van der Waals surface area contributed by atoms with Gasteiger partial charge in [0.2, 0.25) is 0 Å². The van der Waals surface area contributed by atoms with Crippen molar-refractivity contribution in [3.8, 4) is 6.07 Å². The quantitative estimate of drug-likeness (QED) is 0.905. The second-order valence-corrected chi connectivity index (χ2v) is 5.47. The van der Waals surface area contributed by atoms with Crippen LogP contribution in [0.15, 0.2) is 18.2 Å². The topological polar surface area (TPSA) is 53.0 Å². The van der Waals surface area contributed by atoms with Crippen LogP contribution in [-0.2, 0) is 0 Å². The van der Waals surface area contributed by atoms with Crippen molar-refractivity contribution in [2.24, 2.45) is 5.73 Å². The Labute approximate surface area is 116 Å². The van der Waals surface area contributed by atoms with Gasteiger partial charge in [-0.1, -0.05) is 0 Å². The summed E-state index contributed by atoms with van der Waals surface area (Å²) < 4.78 is 0. The van der Waals surface area contributed by atoms with Gasteiger partial charge in [0.1, 0.15) is 0 Å². The molecule has 19 heavy (non-hydrogen) atoms. The highest BCUT2D eigenvalue weighted by Crippen LogP contribution is 2.28. The maximum absolute atomic E-state index is 9.01. The van der Waals surface area contributed by atoms with Gasteiger partial charge >= 0.3 is 0 Å². The molecule has 2 rings (SSSR count). The van der Waals surface area contributed by atoms with Crippen molar-refractivity contribution in [2.45, 2.75) is 51.6 Å². The van der Waals surface area contributed by atoms with E-state index in [-0.39, 0.29) is 0 Å². The Morgan fingerprint density at radius 3 is 2.53 bits per heavy atom. The molecule has 0 heterocycles. The molecular formula is C16H23N3. The van der Waals surface area contributed by atoms with Crippen molar-refractivity contribution in [1.82, 2.24) is 0 Å². The summed E-state index contributed by atoms with van der Waals surface area (Å²) in [5, 5.41) is 9.01. The van der Waals surface area contributed by atoms with Crippen LogP contribution >= 0.6 is 0 Å². The molecule has 0 atom stereocenters. The van der Waals surface area contributed by atoms with Crippen LogP contribution < -0.4 is 10.6 Å². The minimum Gasteiger partial charge on any atom is -0.369 e. The Bertz CT molecular complexity index is 467. The van der Waals surface area contributed by atoms with Gasteiger partial charge in [0, 0.05) is 24.3 Å². The molecule has 0 aromatic heterocycles. The van der Waals surface area contributed by atoms with Crippen molar-refractivity contribution in [1.29, 1.82) is 5.26 Å². The number of aryl methyl sites for hydroxylation is 1. The van der Waals surface area contributed by atoms with Crippen LogP contribution in [-0.4, -0.2) is 18.6 Å². The van der Waals surface area contributed by atoms with Crippen LogP contribution in [0.4, 0.5) is 5.69 Å². The summed E-state index contributed by atoms with van der Waals surface area (Å²) in [4.78, 5) is 2.46. The Morgan fingerprint density at radius 1 is 1.32 bits per heavy atom. The SMILES string of the molecule is CCN(c1ccc(C#N)c(C)c1)C1CCC(N)CC1. The molecule has 0 unspecified atom stereocenters. The molecule has 2 N–H and O–H groups in total. The Balaban J connectivity index is 2.18. The molecule has 1 aromatic rings. The third kappa shape index (κ3) is 3.08. The largest absolute Gasteiger partial charge is 0.369 e. The average molecular weight is 257 g/mol. The smallest absolute Gasteiger partial charge is 0.0994 e. The lowest BCUT2D eigenvalue weighted by atomic mass is 9.90. The van der Waals surface area contributed by atoms with Gasteiger partial charge in [0.15, 0.2) is 0 Å². The second-order valence-electron chi connectivity index (χ2n) is 5.47. The third-order valence-corrected chi connectivity index (χ3v) is 4.18. The first-order valence-electron chi connectivity index (χ1n) is 7.18. The summed E-state index contributed by atoms with van der Waals surface area (Å²) in [6.45, 7) is 5.21. The Kier molecular flexibility index (Phi) is 4.44. The first-order valence-corrected chi connectivity index (χ1v) is 7.18. The van der Waals surface area contributed by atoms with E-state index in [1.54, 1.807) is 0 Å². The zero-order chi connectivity index (χ0) is 13.8. The Hall–Kier alpha value is -1.53. The van der Waals surface area contributed by atoms with Crippen molar-refractivity contribution >= 4 is 5.69 Å². The number of hydrogen-bond donors (Lipinski definition) is 1. The van der Waals surface area contributed by atoms with Crippen LogP contribution in [0.2, 0.25) is 0 Å². The van der Waals surface area contributed by atoms with Crippen molar-refractivity contribution < 1.29 is 0 Å². The zero-order valence-corrected chi connectivity index (χ0v) is 11.9. The lowest BCUT2D eigenvalue weighted by molar-refractivity contribution is 0.378. The third-order valence-electron chi connectivity index (χ3n) is 4.18. The predicted octanol–water partition coefficient (Wildman–Crippen LogP) is 2.96. The molecule has 0 saturated heterocycles. The van der Waals surface area contributed by atoms with Crippen molar-refractivity contribution in [3.05, 3.63) is 29.3 Å². The van der Waals surface area contributed by atoms with E-state index in [9.17, 15) is 0 Å². The monoisotopic (exact) mass is 257 g/mol.